The third-order valence-corrected chi connectivity index (χ3v) is 5.19. The van der Waals surface area contributed by atoms with Gasteiger partial charge in [-0.05, 0) is 42.3 Å². The molecule has 0 radical (unpaired) electrons. The molecule has 0 aliphatic carbocycles. The summed E-state index contributed by atoms with van der Waals surface area (Å²) < 4.78 is 0. The molecule has 1 heterocycles. The smallest absolute Gasteiger partial charge is 0.0853 e. The number of nitrogens with zero attached hydrogens (tertiary/aromatic N) is 2. The van der Waals surface area contributed by atoms with Gasteiger partial charge in [0.05, 0.1) is 16.9 Å². The normalized spacial score (nSPS) is 18.2. The van der Waals surface area contributed by atoms with E-state index in [0.29, 0.717) is 0 Å². The van der Waals surface area contributed by atoms with Crippen molar-refractivity contribution in [3.05, 3.63) is 103 Å². The minimum atomic E-state index is -0.237. The molecule has 0 saturated carbocycles. The first-order valence-electron chi connectivity index (χ1n) is 9.33. The van der Waals surface area contributed by atoms with Gasteiger partial charge in [0.2, 0.25) is 0 Å². The first-order valence-corrected chi connectivity index (χ1v) is 9.33. The molecule has 0 bridgehead atoms. The minimum Gasteiger partial charge on any atom is -0.372 e. The molecule has 1 aliphatic rings. The summed E-state index contributed by atoms with van der Waals surface area (Å²) in [6, 6.07) is 29.5. The molecule has 0 spiro atoms. The third-order valence-electron chi connectivity index (χ3n) is 5.19. The second kappa shape index (κ2) is 7.29. The Labute approximate surface area is 161 Å². The summed E-state index contributed by atoms with van der Waals surface area (Å²) in [6.45, 7) is 4.93. The van der Waals surface area contributed by atoms with E-state index in [1.165, 1.54) is 11.3 Å². The molecule has 0 fully saturated rings. The van der Waals surface area contributed by atoms with E-state index in [1.54, 1.807) is 0 Å². The lowest BCUT2D eigenvalue weighted by Gasteiger charge is -2.38. The Balaban J connectivity index is 1.80. The lowest BCUT2D eigenvalue weighted by atomic mass is 9.89. The Kier molecular flexibility index (Phi) is 4.69. The molecule has 1 aliphatic heterocycles. The van der Waals surface area contributed by atoms with Crippen LogP contribution in [0.15, 0.2) is 97.6 Å². The average molecular weight is 355 g/mol. The summed E-state index contributed by atoms with van der Waals surface area (Å²) in [5.74, 6) is 0. The highest BCUT2D eigenvalue weighted by molar-refractivity contribution is 5.66. The first-order chi connectivity index (χ1) is 13.2. The predicted octanol–water partition coefficient (Wildman–Crippen LogP) is 5.25. The summed E-state index contributed by atoms with van der Waals surface area (Å²) >= 11 is 0. The van der Waals surface area contributed by atoms with Crippen LogP contribution in [0.25, 0.3) is 0 Å². The zero-order valence-electron chi connectivity index (χ0n) is 15.7. The van der Waals surface area contributed by atoms with E-state index in [1.807, 2.05) is 18.2 Å². The minimum absolute atomic E-state index is 0.237. The highest BCUT2D eigenvalue weighted by Crippen LogP contribution is 2.42. The number of nitrogens with one attached hydrogen (secondary N) is 1. The molecule has 3 nitrogen and oxygen atoms in total. The van der Waals surface area contributed by atoms with E-state index < -0.39 is 0 Å². The van der Waals surface area contributed by atoms with Gasteiger partial charge in [0.1, 0.15) is 0 Å². The van der Waals surface area contributed by atoms with Crippen molar-refractivity contribution in [1.82, 2.24) is 5.43 Å². The molecule has 0 saturated heterocycles. The Morgan fingerprint density at radius 2 is 1.48 bits per heavy atom. The Morgan fingerprint density at radius 1 is 0.926 bits per heavy atom. The van der Waals surface area contributed by atoms with E-state index in [-0.39, 0.29) is 5.54 Å². The number of benzene rings is 3. The zero-order valence-corrected chi connectivity index (χ0v) is 15.7. The van der Waals surface area contributed by atoms with Crippen LogP contribution in [-0.2, 0) is 5.54 Å². The predicted molar refractivity (Wildman–Crippen MR) is 114 cm³/mol. The Morgan fingerprint density at radius 3 is 2.07 bits per heavy atom. The number of hydrazine groups is 1. The third kappa shape index (κ3) is 3.22. The number of hydrogen-bond acceptors (Lipinski definition) is 3. The van der Waals surface area contributed by atoms with Crippen molar-refractivity contribution in [2.75, 3.05) is 23.5 Å². The standard InChI is InChI=1S/C24H25N3/c1-3-18-24(19-26(2)23-17-11-10-16-22(23)24)25-27(20-12-6-4-7-13-20)21-14-8-5-9-15-21/h3-17,25H,1,18-19H2,2H3. The lowest BCUT2D eigenvalue weighted by molar-refractivity contribution is 0.363. The van der Waals surface area contributed by atoms with Gasteiger partial charge in [0.15, 0.2) is 0 Å². The number of para-hydroxylation sites is 3. The maximum atomic E-state index is 4.04. The highest BCUT2D eigenvalue weighted by atomic mass is 15.5. The van der Waals surface area contributed by atoms with E-state index in [9.17, 15) is 0 Å². The maximum absolute atomic E-state index is 4.04. The van der Waals surface area contributed by atoms with Crippen molar-refractivity contribution >= 4 is 17.1 Å². The molecule has 1 N–H and O–H groups in total. The van der Waals surface area contributed by atoms with Gasteiger partial charge in [-0.25, -0.2) is 5.43 Å². The van der Waals surface area contributed by atoms with E-state index >= 15 is 0 Å². The fraction of sp³-hybridized carbons (Fsp3) is 0.167. The number of rotatable bonds is 6. The molecule has 1 atom stereocenters. The molecule has 1 unspecified atom stereocenters. The molecule has 136 valence electrons. The molecule has 3 aromatic rings. The maximum Gasteiger partial charge on any atom is 0.0853 e. The van der Waals surface area contributed by atoms with Crippen molar-refractivity contribution < 1.29 is 0 Å². The van der Waals surface area contributed by atoms with E-state index in [2.05, 4.69) is 102 Å². The molecule has 3 heteroatoms. The summed E-state index contributed by atoms with van der Waals surface area (Å²) in [5, 5.41) is 2.19. The lowest BCUT2D eigenvalue weighted by Crippen LogP contribution is -2.52. The topological polar surface area (TPSA) is 18.5 Å². The van der Waals surface area contributed by atoms with Crippen LogP contribution >= 0.6 is 0 Å². The molecular formula is C24H25N3. The van der Waals surface area contributed by atoms with Crippen LogP contribution in [0.5, 0.6) is 0 Å². The summed E-state index contributed by atoms with van der Waals surface area (Å²) in [5.41, 5.74) is 8.43. The van der Waals surface area contributed by atoms with Gasteiger partial charge in [-0.3, -0.25) is 5.01 Å². The summed E-state index contributed by atoms with van der Waals surface area (Å²) in [7, 11) is 2.15. The van der Waals surface area contributed by atoms with Crippen LogP contribution < -0.4 is 15.3 Å². The number of likely N-dealkylation sites (N-methyl/N-ethyl adjacent to an activating group) is 1. The van der Waals surface area contributed by atoms with Crippen LogP contribution in [0.2, 0.25) is 0 Å². The fourth-order valence-corrected chi connectivity index (χ4v) is 3.99. The van der Waals surface area contributed by atoms with Crippen LogP contribution in [0.3, 0.4) is 0 Å². The molecule has 4 rings (SSSR count). The number of anilines is 3. The number of fused-ring (bicyclic) bond motifs is 1. The SMILES string of the molecule is C=CCC1(NN(c2ccccc2)c2ccccc2)CN(C)c2ccccc21. The summed E-state index contributed by atoms with van der Waals surface area (Å²) in [6.07, 6.45) is 2.85. The largest absolute Gasteiger partial charge is 0.372 e. The molecule has 0 aromatic heterocycles. The fourth-order valence-electron chi connectivity index (χ4n) is 3.99. The van der Waals surface area contributed by atoms with Gasteiger partial charge in [0.25, 0.3) is 0 Å². The molecular weight excluding hydrogens is 330 g/mol. The molecule has 27 heavy (non-hydrogen) atoms. The van der Waals surface area contributed by atoms with Gasteiger partial charge in [-0.2, -0.15) is 0 Å². The number of hydrogen-bond donors (Lipinski definition) is 1. The van der Waals surface area contributed by atoms with Crippen molar-refractivity contribution in [2.24, 2.45) is 0 Å². The monoisotopic (exact) mass is 355 g/mol. The first kappa shape index (κ1) is 17.4. The van der Waals surface area contributed by atoms with E-state index in [4.69, 9.17) is 0 Å². The van der Waals surface area contributed by atoms with Crippen molar-refractivity contribution in [1.29, 1.82) is 0 Å². The van der Waals surface area contributed by atoms with Crippen molar-refractivity contribution in [3.8, 4) is 0 Å². The van der Waals surface area contributed by atoms with Crippen molar-refractivity contribution in [2.45, 2.75) is 12.0 Å². The van der Waals surface area contributed by atoms with Gasteiger partial charge in [0, 0.05) is 19.3 Å². The highest BCUT2D eigenvalue weighted by Gasteiger charge is 2.42. The van der Waals surface area contributed by atoms with E-state index in [0.717, 1.165) is 24.3 Å². The van der Waals surface area contributed by atoms with Gasteiger partial charge >= 0.3 is 0 Å². The van der Waals surface area contributed by atoms with Crippen LogP contribution in [0.4, 0.5) is 17.1 Å². The Bertz CT molecular complexity index is 868. The summed E-state index contributed by atoms with van der Waals surface area (Å²) in [4.78, 5) is 2.32. The van der Waals surface area contributed by atoms with Crippen LogP contribution in [0.1, 0.15) is 12.0 Å². The second-order valence-electron chi connectivity index (χ2n) is 7.07. The van der Waals surface area contributed by atoms with Crippen LogP contribution in [0, 0.1) is 0 Å². The van der Waals surface area contributed by atoms with Crippen LogP contribution in [-0.4, -0.2) is 13.6 Å². The average Bonchev–Trinajstić information content (AvgIpc) is 3.00. The van der Waals surface area contributed by atoms with Gasteiger partial charge in [-0.1, -0.05) is 60.7 Å². The Hall–Kier alpha value is -3.04. The molecule has 0 amide bonds. The zero-order chi connectivity index (χ0) is 18.7. The quantitative estimate of drug-likeness (QED) is 0.481. The van der Waals surface area contributed by atoms with Gasteiger partial charge in [-0.15, -0.1) is 6.58 Å². The second-order valence-corrected chi connectivity index (χ2v) is 7.07. The van der Waals surface area contributed by atoms with Gasteiger partial charge < -0.3 is 4.90 Å². The molecule has 3 aromatic carbocycles. The van der Waals surface area contributed by atoms with Crippen molar-refractivity contribution in [3.63, 3.8) is 0 Å².